The highest BCUT2D eigenvalue weighted by Crippen LogP contribution is 2.32. The lowest BCUT2D eigenvalue weighted by Crippen LogP contribution is -2.11. The van der Waals surface area contributed by atoms with Crippen LogP contribution in [0.2, 0.25) is 5.02 Å². The monoisotopic (exact) mass is 404 g/mol. The average Bonchev–Trinajstić information content (AvgIpc) is 3.27. The fourth-order valence-electron chi connectivity index (χ4n) is 3.65. The zero-order chi connectivity index (χ0) is 20.1. The molecule has 1 aromatic carbocycles. The third-order valence-corrected chi connectivity index (χ3v) is 5.25. The molecule has 0 saturated heterocycles. The number of rotatable bonds is 3. The van der Waals surface area contributed by atoms with Gasteiger partial charge in [-0.2, -0.15) is 10.2 Å². The number of halogens is 1. The van der Waals surface area contributed by atoms with Gasteiger partial charge in [-0.1, -0.05) is 11.6 Å². The van der Waals surface area contributed by atoms with E-state index in [2.05, 4.69) is 20.1 Å². The number of hydrogen-bond donors (Lipinski definition) is 1. The molecule has 0 fully saturated rings. The van der Waals surface area contributed by atoms with Gasteiger partial charge in [-0.3, -0.25) is 4.98 Å². The minimum atomic E-state index is -0.193. The maximum atomic E-state index is 6.28. The van der Waals surface area contributed by atoms with Crippen molar-refractivity contribution in [2.45, 2.75) is 19.9 Å². The van der Waals surface area contributed by atoms with Crippen LogP contribution in [0.15, 0.2) is 49.1 Å². The van der Waals surface area contributed by atoms with Gasteiger partial charge >= 0.3 is 0 Å². The molecule has 0 saturated carbocycles. The topological polar surface area (TPSA) is 100 Å². The first-order chi connectivity index (χ1) is 14.0. The first-order valence-corrected chi connectivity index (χ1v) is 9.46. The number of aryl methyl sites for hydroxylation is 1. The smallest absolute Gasteiger partial charge is 0.164 e. The maximum absolute atomic E-state index is 6.28. The highest BCUT2D eigenvalue weighted by Gasteiger charge is 2.23. The molecule has 0 bridgehead atoms. The summed E-state index contributed by atoms with van der Waals surface area (Å²) >= 11 is 6.28. The number of benzene rings is 1. The first-order valence-electron chi connectivity index (χ1n) is 9.08. The number of pyridine rings is 1. The SMILES string of the molecule is Cc1nn(C(C)c2nn(-c3cccnc3)c3cc(Cl)ccc23)c2ncnc(N)c12. The molecule has 8 nitrogen and oxygen atoms in total. The third kappa shape index (κ3) is 2.72. The van der Waals surface area contributed by atoms with Gasteiger partial charge in [0.05, 0.1) is 40.2 Å². The number of nitrogens with two attached hydrogens (primary N) is 1. The van der Waals surface area contributed by atoms with Crippen molar-refractivity contribution in [3.05, 3.63) is 65.5 Å². The molecule has 1 unspecified atom stereocenters. The van der Waals surface area contributed by atoms with Gasteiger partial charge in [0.15, 0.2) is 5.65 Å². The van der Waals surface area contributed by atoms with Crippen molar-refractivity contribution in [3.63, 3.8) is 0 Å². The van der Waals surface area contributed by atoms with Crippen LogP contribution in [-0.4, -0.2) is 34.5 Å². The van der Waals surface area contributed by atoms with Gasteiger partial charge in [-0.25, -0.2) is 19.3 Å². The summed E-state index contributed by atoms with van der Waals surface area (Å²) in [6, 6.07) is 9.38. The molecule has 0 aliphatic rings. The lowest BCUT2D eigenvalue weighted by Gasteiger charge is -2.11. The van der Waals surface area contributed by atoms with Crippen molar-refractivity contribution >= 4 is 39.4 Å². The molecule has 0 aliphatic carbocycles. The second kappa shape index (κ2) is 6.52. The third-order valence-electron chi connectivity index (χ3n) is 5.02. The van der Waals surface area contributed by atoms with Crippen molar-refractivity contribution in [1.82, 2.24) is 34.5 Å². The highest BCUT2D eigenvalue weighted by molar-refractivity contribution is 6.31. The Morgan fingerprint density at radius 3 is 2.79 bits per heavy atom. The van der Waals surface area contributed by atoms with Crippen LogP contribution in [0.1, 0.15) is 24.4 Å². The van der Waals surface area contributed by atoms with Crippen LogP contribution < -0.4 is 5.73 Å². The van der Waals surface area contributed by atoms with E-state index in [1.165, 1.54) is 6.33 Å². The second-order valence-corrected chi connectivity index (χ2v) is 7.27. The maximum Gasteiger partial charge on any atom is 0.164 e. The van der Waals surface area contributed by atoms with Gasteiger partial charge < -0.3 is 5.73 Å². The zero-order valence-corrected chi connectivity index (χ0v) is 16.5. The Hall–Kier alpha value is -3.52. The number of hydrogen-bond acceptors (Lipinski definition) is 6. The Morgan fingerprint density at radius 1 is 1.14 bits per heavy atom. The van der Waals surface area contributed by atoms with Gasteiger partial charge in [0.25, 0.3) is 0 Å². The first kappa shape index (κ1) is 17.6. The second-order valence-electron chi connectivity index (χ2n) is 6.83. The van der Waals surface area contributed by atoms with Crippen LogP contribution >= 0.6 is 11.6 Å². The highest BCUT2D eigenvalue weighted by atomic mass is 35.5. The Labute approximate surface area is 171 Å². The van der Waals surface area contributed by atoms with Crippen LogP contribution in [0.3, 0.4) is 0 Å². The molecule has 9 heteroatoms. The predicted molar refractivity (Wildman–Crippen MR) is 112 cm³/mol. The molecule has 4 heterocycles. The summed E-state index contributed by atoms with van der Waals surface area (Å²) < 4.78 is 3.69. The van der Waals surface area contributed by atoms with E-state index in [1.807, 2.05) is 53.5 Å². The minimum absolute atomic E-state index is 0.193. The molecule has 0 radical (unpaired) electrons. The van der Waals surface area contributed by atoms with Crippen LogP contribution in [0.5, 0.6) is 0 Å². The van der Waals surface area contributed by atoms with Crippen LogP contribution in [0.25, 0.3) is 27.6 Å². The molecule has 0 spiro atoms. The Kier molecular flexibility index (Phi) is 3.95. The Bertz CT molecular complexity index is 1360. The van der Waals surface area contributed by atoms with Crippen molar-refractivity contribution in [3.8, 4) is 5.69 Å². The standard InChI is InChI=1S/C20H17ClN8/c1-11-17-19(22)24-10-25-20(17)28(26-11)12(2)18-15-6-5-13(21)8-16(15)29(27-18)14-4-3-7-23-9-14/h3-10,12H,1-2H3,(H2,22,24,25). The Morgan fingerprint density at radius 2 is 2.00 bits per heavy atom. The minimum Gasteiger partial charge on any atom is -0.383 e. The van der Waals surface area contributed by atoms with E-state index in [9.17, 15) is 0 Å². The number of aromatic nitrogens is 7. The van der Waals surface area contributed by atoms with E-state index in [0.717, 1.165) is 33.4 Å². The van der Waals surface area contributed by atoms with E-state index >= 15 is 0 Å². The van der Waals surface area contributed by atoms with Gasteiger partial charge in [0, 0.05) is 16.6 Å². The predicted octanol–water partition coefficient (Wildman–Crippen LogP) is 3.71. The van der Waals surface area contributed by atoms with Crippen LogP contribution in [-0.2, 0) is 0 Å². The normalized spacial score (nSPS) is 12.7. The molecule has 144 valence electrons. The zero-order valence-electron chi connectivity index (χ0n) is 15.8. The molecule has 4 aromatic heterocycles. The summed E-state index contributed by atoms with van der Waals surface area (Å²) in [5.41, 5.74) is 10.1. The number of nitrogens with zero attached hydrogens (tertiary/aromatic N) is 7. The summed E-state index contributed by atoms with van der Waals surface area (Å²) in [4.78, 5) is 12.7. The molecular formula is C20H17ClN8. The molecular weight excluding hydrogens is 388 g/mol. The largest absolute Gasteiger partial charge is 0.383 e. The molecule has 5 aromatic rings. The van der Waals surface area contributed by atoms with E-state index in [1.54, 1.807) is 12.4 Å². The van der Waals surface area contributed by atoms with E-state index in [4.69, 9.17) is 22.4 Å². The molecule has 2 N–H and O–H groups in total. The lowest BCUT2D eigenvalue weighted by molar-refractivity contribution is 0.559. The van der Waals surface area contributed by atoms with Crippen molar-refractivity contribution in [2.75, 3.05) is 5.73 Å². The fourth-order valence-corrected chi connectivity index (χ4v) is 3.82. The Balaban J connectivity index is 1.75. The number of anilines is 1. The van der Waals surface area contributed by atoms with Crippen molar-refractivity contribution in [1.29, 1.82) is 0 Å². The average molecular weight is 405 g/mol. The summed E-state index contributed by atoms with van der Waals surface area (Å²) in [5, 5.41) is 12.0. The molecule has 0 amide bonds. The number of fused-ring (bicyclic) bond motifs is 2. The number of nitrogen functional groups attached to an aromatic ring is 1. The summed E-state index contributed by atoms with van der Waals surface area (Å²) in [5.74, 6) is 0.420. The molecule has 5 rings (SSSR count). The van der Waals surface area contributed by atoms with Crippen LogP contribution in [0, 0.1) is 6.92 Å². The van der Waals surface area contributed by atoms with Gasteiger partial charge in [0.2, 0.25) is 0 Å². The van der Waals surface area contributed by atoms with Gasteiger partial charge in [-0.15, -0.1) is 0 Å². The quantitative estimate of drug-likeness (QED) is 0.492. The van der Waals surface area contributed by atoms with Gasteiger partial charge in [-0.05, 0) is 44.2 Å². The van der Waals surface area contributed by atoms with E-state index < -0.39 is 0 Å². The van der Waals surface area contributed by atoms with E-state index in [0.29, 0.717) is 16.5 Å². The van der Waals surface area contributed by atoms with Crippen molar-refractivity contribution in [2.24, 2.45) is 0 Å². The summed E-state index contributed by atoms with van der Waals surface area (Å²) in [6.07, 6.45) is 4.95. The lowest BCUT2D eigenvalue weighted by atomic mass is 10.1. The molecule has 0 aliphatic heterocycles. The van der Waals surface area contributed by atoms with Crippen molar-refractivity contribution < 1.29 is 0 Å². The van der Waals surface area contributed by atoms with E-state index in [-0.39, 0.29) is 6.04 Å². The summed E-state index contributed by atoms with van der Waals surface area (Å²) in [6.45, 7) is 3.94. The molecule has 29 heavy (non-hydrogen) atoms. The van der Waals surface area contributed by atoms with Crippen LogP contribution in [0.4, 0.5) is 5.82 Å². The molecule has 1 atom stereocenters. The summed E-state index contributed by atoms with van der Waals surface area (Å²) in [7, 11) is 0. The van der Waals surface area contributed by atoms with Gasteiger partial charge in [0.1, 0.15) is 12.1 Å². The fraction of sp³-hybridized carbons (Fsp3) is 0.150.